The van der Waals surface area contributed by atoms with Gasteiger partial charge in [0.05, 0.1) is 6.10 Å². The molecule has 0 heterocycles. The molecule has 0 aliphatic heterocycles. The molecule has 2 N–H and O–H groups in total. The van der Waals surface area contributed by atoms with Crippen LogP contribution in [0, 0.1) is 11.8 Å². The number of aliphatic hydroxyl groups excluding tert-OH is 1. The summed E-state index contributed by atoms with van der Waals surface area (Å²) in [5, 5.41) is 12.9. The predicted molar refractivity (Wildman–Crippen MR) is 69.5 cm³/mol. The highest BCUT2D eigenvalue weighted by molar-refractivity contribution is 4.83. The van der Waals surface area contributed by atoms with Crippen molar-refractivity contribution >= 4 is 0 Å². The maximum atomic E-state index is 9.23. The van der Waals surface area contributed by atoms with Gasteiger partial charge < -0.3 is 10.4 Å². The van der Waals surface area contributed by atoms with E-state index in [0.717, 1.165) is 30.8 Å². The van der Waals surface area contributed by atoms with E-state index >= 15 is 0 Å². The molecule has 0 aromatic rings. The summed E-state index contributed by atoms with van der Waals surface area (Å²) in [5.74, 6) is 1.72. The van der Waals surface area contributed by atoms with Crippen molar-refractivity contribution in [2.75, 3.05) is 6.54 Å². The standard InChI is InChI=1S/C14H29NO/c1-11(2)7-8-13-5-4-6-14(13)15-10-9-12(3)16/h11-16H,4-10H2,1-3H3. The Labute approximate surface area is 101 Å². The van der Waals surface area contributed by atoms with E-state index in [1.54, 1.807) is 0 Å². The molecule has 0 amide bonds. The van der Waals surface area contributed by atoms with Gasteiger partial charge in [-0.05, 0) is 51.0 Å². The van der Waals surface area contributed by atoms with Gasteiger partial charge in [-0.3, -0.25) is 0 Å². The van der Waals surface area contributed by atoms with Crippen molar-refractivity contribution < 1.29 is 5.11 Å². The molecule has 1 fully saturated rings. The third kappa shape index (κ3) is 5.31. The van der Waals surface area contributed by atoms with E-state index in [1.807, 2.05) is 6.92 Å². The van der Waals surface area contributed by atoms with E-state index in [-0.39, 0.29) is 6.10 Å². The second kappa shape index (κ2) is 7.29. The van der Waals surface area contributed by atoms with E-state index in [0.29, 0.717) is 0 Å². The molecule has 2 nitrogen and oxygen atoms in total. The van der Waals surface area contributed by atoms with Crippen LogP contribution in [0.15, 0.2) is 0 Å². The zero-order valence-corrected chi connectivity index (χ0v) is 11.2. The van der Waals surface area contributed by atoms with Gasteiger partial charge in [0.15, 0.2) is 0 Å². The Hall–Kier alpha value is -0.0800. The summed E-state index contributed by atoms with van der Waals surface area (Å²) in [7, 11) is 0. The Bertz CT molecular complexity index is 180. The van der Waals surface area contributed by atoms with E-state index < -0.39 is 0 Å². The molecule has 1 saturated carbocycles. The highest BCUT2D eigenvalue weighted by atomic mass is 16.3. The molecule has 3 atom stereocenters. The summed E-state index contributed by atoms with van der Waals surface area (Å²) in [5.41, 5.74) is 0. The van der Waals surface area contributed by atoms with Gasteiger partial charge in [-0.2, -0.15) is 0 Å². The van der Waals surface area contributed by atoms with Crippen LogP contribution in [0.4, 0.5) is 0 Å². The molecule has 0 spiro atoms. The highest BCUT2D eigenvalue weighted by Gasteiger charge is 2.26. The Kier molecular flexibility index (Phi) is 6.37. The molecule has 0 aromatic carbocycles. The summed E-state index contributed by atoms with van der Waals surface area (Å²) in [6.45, 7) is 7.46. The molecule has 0 aromatic heterocycles. The van der Waals surface area contributed by atoms with Gasteiger partial charge in [-0.1, -0.05) is 26.7 Å². The number of hydrogen-bond acceptors (Lipinski definition) is 2. The van der Waals surface area contributed by atoms with Crippen molar-refractivity contribution in [1.29, 1.82) is 0 Å². The van der Waals surface area contributed by atoms with Gasteiger partial charge in [-0.25, -0.2) is 0 Å². The van der Waals surface area contributed by atoms with Crippen molar-refractivity contribution in [3.63, 3.8) is 0 Å². The number of rotatable bonds is 7. The molecular weight excluding hydrogens is 198 g/mol. The second-order valence-corrected chi connectivity index (χ2v) is 5.86. The lowest BCUT2D eigenvalue weighted by Gasteiger charge is -2.22. The number of nitrogens with one attached hydrogen (secondary N) is 1. The van der Waals surface area contributed by atoms with E-state index in [9.17, 15) is 5.11 Å². The van der Waals surface area contributed by atoms with Crippen LogP contribution in [0.25, 0.3) is 0 Å². The second-order valence-electron chi connectivity index (χ2n) is 5.86. The fourth-order valence-electron chi connectivity index (χ4n) is 2.68. The molecule has 1 rings (SSSR count). The van der Waals surface area contributed by atoms with Crippen LogP contribution in [-0.2, 0) is 0 Å². The highest BCUT2D eigenvalue weighted by Crippen LogP contribution is 2.30. The quantitative estimate of drug-likeness (QED) is 0.701. The van der Waals surface area contributed by atoms with Crippen LogP contribution in [0.3, 0.4) is 0 Å². The first-order valence-corrected chi connectivity index (χ1v) is 7.01. The smallest absolute Gasteiger partial charge is 0.0524 e. The largest absolute Gasteiger partial charge is 0.393 e. The van der Waals surface area contributed by atoms with Crippen LogP contribution in [0.1, 0.15) is 59.3 Å². The molecule has 0 bridgehead atoms. The minimum absolute atomic E-state index is 0.164. The first-order chi connectivity index (χ1) is 7.59. The number of hydrogen-bond donors (Lipinski definition) is 2. The average molecular weight is 227 g/mol. The van der Waals surface area contributed by atoms with Crippen molar-refractivity contribution in [2.45, 2.75) is 71.4 Å². The van der Waals surface area contributed by atoms with E-state index in [2.05, 4.69) is 19.2 Å². The Morgan fingerprint density at radius 3 is 2.56 bits per heavy atom. The molecule has 1 aliphatic rings. The molecule has 3 unspecified atom stereocenters. The average Bonchev–Trinajstić information content (AvgIpc) is 2.62. The normalized spacial score (nSPS) is 27.6. The van der Waals surface area contributed by atoms with Crippen LogP contribution < -0.4 is 5.32 Å². The van der Waals surface area contributed by atoms with Gasteiger partial charge in [0.1, 0.15) is 0 Å². The third-order valence-electron chi connectivity index (χ3n) is 3.74. The SMILES string of the molecule is CC(C)CCC1CCCC1NCCC(C)O. The number of aliphatic hydroxyl groups is 1. The monoisotopic (exact) mass is 227 g/mol. The fraction of sp³-hybridized carbons (Fsp3) is 1.00. The maximum absolute atomic E-state index is 9.23. The summed E-state index contributed by atoms with van der Waals surface area (Å²) in [6.07, 6.45) is 7.58. The van der Waals surface area contributed by atoms with Crippen LogP contribution in [0.2, 0.25) is 0 Å². The summed E-state index contributed by atoms with van der Waals surface area (Å²) < 4.78 is 0. The Balaban J connectivity index is 2.18. The van der Waals surface area contributed by atoms with Crippen LogP contribution in [-0.4, -0.2) is 23.8 Å². The first kappa shape index (κ1) is 14.0. The molecule has 0 saturated heterocycles. The lowest BCUT2D eigenvalue weighted by molar-refractivity contribution is 0.180. The third-order valence-corrected chi connectivity index (χ3v) is 3.74. The van der Waals surface area contributed by atoms with Gasteiger partial charge in [0, 0.05) is 6.04 Å². The first-order valence-electron chi connectivity index (χ1n) is 7.01. The minimum atomic E-state index is -0.164. The minimum Gasteiger partial charge on any atom is -0.393 e. The molecule has 16 heavy (non-hydrogen) atoms. The van der Waals surface area contributed by atoms with Gasteiger partial charge in [0.2, 0.25) is 0 Å². The summed E-state index contributed by atoms with van der Waals surface area (Å²) in [6, 6.07) is 0.720. The van der Waals surface area contributed by atoms with Gasteiger partial charge >= 0.3 is 0 Å². The van der Waals surface area contributed by atoms with Crippen molar-refractivity contribution in [2.24, 2.45) is 11.8 Å². The molecule has 1 aliphatic carbocycles. The van der Waals surface area contributed by atoms with Crippen molar-refractivity contribution in [1.82, 2.24) is 5.32 Å². The van der Waals surface area contributed by atoms with E-state index in [1.165, 1.54) is 32.1 Å². The van der Waals surface area contributed by atoms with Gasteiger partial charge in [-0.15, -0.1) is 0 Å². The topological polar surface area (TPSA) is 32.3 Å². The lowest BCUT2D eigenvalue weighted by atomic mass is 9.93. The van der Waals surface area contributed by atoms with Crippen LogP contribution in [0.5, 0.6) is 0 Å². The van der Waals surface area contributed by atoms with Crippen molar-refractivity contribution in [3.05, 3.63) is 0 Å². The van der Waals surface area contributed by atoms with Crippen LogP contribution >= 0.6 is 0 Å². The zero-order valence-electron chi connectivity index (χ0n) is 11.2. The Morgan fingerprint density at radius 2 is 1.94 bits per heavy atom. The predicted octanol–water partition coefficient (Wildman–Crippen LogP) is 2.95. The fourth-order valence-corrected chi connectivity index (χ4v) is 2.68. The lowest BCUT2D eigenvalue weighted by Crippen LogP contribution is -2.34. The summed E-state index contributed by atoms with van der Waals surface area (Å²) >= 11 is 0. The molecular formula is C14H29NO. The van der Waals surface area contributed by atoms with E-state index in [4.69, 9.17) is 0 Å². The molecule has 2 heteroatoms. The molecule has 96 valence electrons. The maximum Gasteiger partial charge on any atom is 0.0524 e. The zero-order chi connectivity index (χ0) is 12.0. The summed E-state index contributed by atoms with van der Waals surface area (Å²) in [4.78, 5) is 0. The molecule has 0 radical (unpaired) electrons. The Morgan fingerprint density at radius 1 is 1.19 bits per heavy atom. The van der Waals surface area contributed by atoms with Gasteiger partial charge in [0.25, 0.3) is 0 Å². The van der Waals surface area contributed by atoms with Crippen molar-refractivity contribution in [3.8, 4) is 0 Å².